The van der Waals surface area contributed by atoms with Crippen molar-refractivity contribution in [1.82, 2.24) is 9.80 Å². The molecule has 0 aliphatic carbocycles. The van der Waals surface area contributed by atoms with Crippen molar-refractivity contribution in [2.75, 3.05) is 33.3 Å². The maximum Gasteiger partial charge on any atom is 0.305 e. The predicted molar refractivity (Wildman–Crippen MR) is 66.9 cm³/mol. The van der Waals surface area contributed by atoms with E-state index in [4.69, 9.17) is 0 Å². The molecule has 0 aromatic rings. The van der Waals surface area contributed by atoms with Gasteiger partial charge in [-0.1, -0.05) is 0 Å². The average Bonchev–Trinajstić information content (AvgIpc) is 2.76. The molecule has 0 saturated carbocycles. The lowest BCUT2D eigenvalue weighted by molar-refractivity contribution is -0.140. The average molecular weight is 240 g/mol. The van der Waals surface area contributed by atoms with Crippen LogP contribution in [0.5, 0.6) is 0 Å². The molecule has 2 atom stereocenters. The summed E-state index contributed by atoms with van der Waals surface area (Å²) in [5, 5.41) is 0. The molecule has 17 heavy (non-hydrogen) atoms. The number of piperazine rings is 1. The van der Waals surface area contributed by atoms with Gasteiger partial charge in [-0.15, -0.1) is 0 Å². The Labute approximate surface area is 104 Å². The van der Waals surface area contributed by atoms with Gasteiger partial charge in [0.05, 0.1) is 7.11 Å². The van der Waals surface area contributed by atoms with Crippen molar-refractivity contribution in [2.24, 2.45) is 0 Å². The molecule has 4 heteroatoms. The SMILES string of the molecule is COC(=O)CCCN1CC2CCCN2CC1C. The second-order valence-corrected chi connectivity index (χ2v) is 5.31. The first-order chi connectivity index (χ1) is 8.20. The molecule has 0 amide bonds. The maximum atomic E-state index is 11.1. The van der Waals surface area contributed by atoms with Gasteiger partial charge in [-0.3, -0.25) is 14.6 Å². The summed E-state index contributed by atoms with van der Waals surface area (Å²) in [5.74, 6) is -0.0860. The van der Waals surface area contributed by atoms with Gasteiger partial charge in [-0.05, 0) is 39.3 Å². The highest BCUT2D eigenvalue weighted by Crippen LogP contribution is 2.24. The van der Waals surface area contributed by atoms with E-state index < -0.39 is 0 Å². The summed E-state index contributed by atoms with van der Waals surface area (Å²) in [6.07, 6.45) is 4.17. The van der Waals surface area contributed by atoms with Crippen molar-refractivity contribution in [3.05, 3.63) is 0 Å². The number of hydrogen-bond donors (Lipinski definition) is 0. The fourth-order valence-electron chi connectivity index (χ4n) is 3.09. The first-order valence-electron chi connectivity index (χ1n) is 6.75. The van der Waals surface area contributed by atoms with Gasteiger partial charge in [0.1, 0.15) is 0 Å². The summed E-state index contributed by atoms with van der Waals surface area (Å²) < 4.78 is 4.67. The van der Waals surface area contributed by atoms with Crippen LogP contribution in [0.1, 0.15) is 32.6 Å². The monoisotopic (exact) mass is 240 g/mol. The molecule has 0 aromatic carbocycles. The van der Waals surface area contributed by atoms with E-state index in [0.717, 1.165) is 19.0 Å². The van der Waals surface area contributed by atoms with Gasteiger partial charge in [0.25, 0.3) is 0 Å². The second kappa shape index (κ2) is 5.83. The standard InChI is InChI=1S/C13H24N2O2/c1-11-9-15-8-3-5-12(15)10-14(11)7-4-6-13(16)17-2/h11-12H,3-10H2,1-2H3. The molecule has 0 radical (unpaired) electrons. The number of hydrogen-bond acceptors (Lipinski definition) is 4. The number of fused-ring (bicyclic) bond motifs is 1. The highest BCUT2D eigenvalue weighted by molar-refractivity contribution is 5.69. The Balaban J connectivity index is 1.74. The molecule has 0 N–H and O–H groups in total. The van der Waals surface area contributed by atoms with Crippen molar-refractivity contribution >= 4 is 5.97 Å². The molecular formula is C13H24N2O2. The minimum atomic E-state index is -0.0860. The van der Waals surface area contributed by atoms with E-state index in [0.29, 0.717) is 12.5 Å². The molecular weight excluding hydrogens is 216 g/mol. The Bertz CT molecular complexity index is 270. The van der Waals surface area contributed by atoms with Gasteiger partial charge in [0, 0.05) is 31.6 Å². The van der Waals surface area contributed by atoms with Crippen LogP contribution in [-0.2, 0) is 9.53 Å². The van der Waals surface area contributed by atoms with E-state index in [1.165, 1.54) is 39.6 Å². The van der Waals surface area contributed by atoms with Gasteiger partial charge < -0.3 is 4.74 Å². The van der Waals surface area contributed by atoms with Crippen LogP contribution in [0.25, 0.3) is 0 Å². The lowest BCUT2D eigenvalue weighted by atomic mass is 10.1. The van der Waals surface area contributed by atoms with Gasteiger partial charge >= 0.3 is 5.97 Å². The zero-order valence-corrected chi connectivity index (χ0v) is 11.0. The van der Waals surface area contributed by atoms with Crippen LogP contribution in [0.15, 0.2) is 0 Å². The van der Waals surface area contributed by atoms with E-state index in [1.54, 1.807) is 0 Å². The van der Waals surface area contributed by atoms with Crippen LogP contribution in [0.2, 0.25) is 0 Å². The minimum absolute atomic E-state index is 0.0860. The number of rotatable bonds is 4. The van der Waals surface area contributed by atoms with Crippen LogP contribution in [0.4, 0.5) is 0 Å². The summed E-state index contributed by atoms with van der Waals surface area (Å²) >= 11 is 0. The van der Waals surface area contributed by atoms with Gasteiger partial charge in [0.2, 0.25) is 0 Å². The molecule has 2 heterocycles. The summed E-state index contributed by atoms with van der Waals surface area (Å²) in [5.41, 5.74) is 0. The first-order valence-corrected chi connectivity index (χ1v) is 6.75. The topological polar surface area (TPSA) is 32.8 Å². The number of esters is 1. The third-order valence-corrected chi connectivity index (χ3v) is 4.12. The normalized spacial score (nSPS) is 30.2. The number of nitrogens with zero attached hydrogens (tertiary/aromatic N) is 2. The number of carbonyl (C=O) groups is 1. The number of ether oxygens (including phenoxy) is 1. The smallest absolute Gasteiger partial charge is 0.305 e. The molecule has 2 saturated heterocycles. The van der Waals surface area contributed by atoms with Crippen molar-refractivity contribution in [3.63, 3.8) is 0 Å². The zero-order chi connectivity index (χ0) is 12.3. The summed E-state index contributed by atoms with van der Waals surface area (Å²) in [7, 11) is 1.46. The Morgan fingerprint density at radius 1 is 1.41 bits per heavy atom. The molecule has 4 nitrogen and oxygen atoms in total. The Kier molecular flexibility index (Phi) is 4.40. The molecule has 2 unspecified atom stereocenters. The second-order valence-electron chi connectivity index (χ2n) is 5.31. The van der Waals surface area contributed by atoms with Crippen molar-refractivity contribution < 1.29 is 9.53 Å². The largest absolute Gasteiger partial charge is 0.469 e. The Hall–Kier alpha value is -0.610. The van der Waals surface area contributed by atoms with Crippen LogP contribution in [0.3, 0.4) is 0 Å². The zero-order valence-electron chi connectivity index (χ0n) is 11.0. The predicted octanol–water partition coefficient (Wildman–Crippen LogP) is 1.11. The molecule has 0 aromatic heterocycles. The fraction of sp³-hybridized carbons (Fsp3) is 0.923. The van der Waals surface area contributed by atoms with Gasteiger partial charge in [-0.2, -0.15) is 0 Å². The van der Waals surface area contributed by atoms with Gasteiger partial charge in [-0.25, -0.2) is 0 Å². The van der Waals surface area contributed by atoms with Crippen molar-refractivity contribution in [3.8, 4) is 0 Å². The van der Waals surface area contributed by atoms with Crippen LogP contribution in [-0.4, -0.2) is 61.1 Å². The lowest BCUT2D eigenvalue weighted by Crippen LogP contribution is -2.55. The summed E-state index contributed by atoms with van der Waals surface area (Å²) in [6, 6.07) is 1.39. The number of methoxy groups -OCH3 is 1. The fourth-order valence-corrected chi connectivity index (χ4v) is 3.09. The minimum Gasteiger partial charge on any atom is -0.469 e. The van der Waals surface area contributed by atoms with Crippen LogP contribution < -0.4 is 0 Å². The molecule has 2 aliphatic rings. The summed E-state index contributed by atoms with van der Waals surface area (Å²) in [4.78, 5) is 16.2. The molecule has 2 rings (SSSR count). The van der Waals surface area contributed by atoms with Crippen LogP contribution >= 0.6 is 0 Å². The van der Waals surface area contributed by atoms with E-state index in [-0.39, 0.29) is 5.97 Å². The quantitative estimate of drug-likeness (QED) is 0.689. The molecule has 0 spiro atoms. The highest BCUT2D eigenvalue weighted by atomic mass is 16.5. The van der Waals surface area contributed by atoms with Crippen molar-refractivity contribution in [2.45, 2.75) is 44.7 Å². The number of carbonyl (C=O) groups excluding carboxylic acids is 1. The Morgan fingerprint density at radius 3 is 3.00 bits per heavy atom. The third kappa shape index (κ3) is 3.19. The molecule has 98 valence electrons. The Morgan fingerprint density at radius 2 is 2.24 bits per heavy atom. The van der Waals surface area contributed by atoms with E-state index in [2.05, 4.69) is 21.5 Å². The van der Waals surface area contributed by atoms with Gasteiger partial charge in [0.15, 0.2) is 0 Å². The molecule has 2 aliphatic heterocycles. The third-order valence-electron chi connectivity index (χ3n) is 4.12. The first kappa shape index (κ1) is 12.8. The van der Waals surface area contributed by atoms with Crippen molar-refractivity contribution in [1.29, 1.82) is 0 Å². The lowest BCUT2D eigenvalue weighted by Gasteiger charge is -2.42. The maximum absolute atomic E-state index is 11.1. The van der Waals surface area contributed by atoms with Crippen LogP contribution in [0, 0.1) is 0 Å². The summed E-state index contributed by atoms with van der Waals surface area (Å²) in [6.45, 7) is 6.99. The molecule has 0 bridgehead atoms. The molecule has 2 fully saturated rings. The highest BCUT2D eigenvalue weighted by Gasteiger charge is 2.33. The van der Waals surface area contributed by atoms with E-state index in [9.17, 15) is 4.79 Å². The van der Waals surface area contributed by atoms with E-state index in [1.807, 2.05) is 0 Å². The van der Waals surface area contributed by atoms with E-state index >= 15 is 0 Å².